The Morgan fingerprint density at radius 1 is 0.931 bits per heavy atom. The van der Waals surface area contributed by atoms with Crippen LogP contribution in [0.4, 0.5) is 0 Å². The van der Waals surface area contributed by atoms with Crippen molar-refractivity contribution >= 4 is 6.21 Å². The first-order valence-corrected chi connectivity index (χ1v) is 10.5. The van der Waals surface area contributed by atoms with Crippen LogP contribution < -0.4 is 0 Å². The molecule has 0 aromatic heterocycles. The van der Waals surface area contributed by atoms with Crippen molar-refractivity contribution in [3.63, 3.8) is 0 Å². The van der Waals surface area contributed by atoms with Crippen molar-refractivity contribution in [1.82, 2.24) is 0 Å². The number of aliphatic hydroxyl groups excluding tert-OH is 1. The fourth-order valence-electron chi connectivity index (χ4n) is 3.27. The molecule has 0 saturated carbocycles. The number of hydrogen-bond acceptors (Lipinski definition) is 3. The Balaban J connectivity index is 2.58. The van der Waals surface area contributed by atoms with Gasteiger partial charge in [0.05, 0.1) is 12.6 Å². The van der Waals surface area contributed by atoms with Crippen molar-refractivity contribution in [3.05, 3.63) is 53.1 Å². The fourth-order valence-corrected chi connectivity index (χ4v) is 3.27. The minimum Gasteiger partial charge on any atom is -0.507 e. The number of nitrogens with zero attached hydrogens (tertiary/aromatic N) is 1. The zero-order valence-corrected chi connectivity index (χ0v) is 19.2. The molecule has 0 heterocycles. The zero-order chi connectivity index (χ0) is 22.0. The standard InChI is InChI=1S/C26H37NO2/c1-17(2)18-9-11-19(12-10-18)20-13-21(15-27-23(16-28)26(6,7)8)24(29)22(14-20)25(3,4)5/h9-15,17,23,28-29H,16H2,1-8H3/t23-/m1/s1. The summed E-state index contributed by atoms with van der Waals surface area (Å²) in [5.41, 5.74) is 4.69. The number of phenols is 1. The summed E-state index contributed by atoms with van der Waals surface area (Å²) in [5, 5.41) is 20.7. The van der Waals surface area contributed by atoms with E-state index in [2.05, 4.69) is 90.7 Å². The van der Waals surface area contributed by atoms with Gasteiger partial charge in [-0.25, -0.2) is 0 Å². The second kappa shape index (κ2) is 8.71. The summed E-state index contributed by atoms with van der Waals surface area (Å²) >= 11 is 0. The molecular weight excluding hydrogens is 358 g/mol. The first kappa shape index (κ1) is 23.2. The van der Waals surface area contributed by atoms with E-state index >= 15 is 0 Å². The molecule has 2 N–H and O–H groups in total. The normalized spacial score (nSPS) is 14.0. The van der Waals surface area contributed by atoms with Crippen LogP contribution in [0.3, 0.4) is 0 Å². The highest BCUT2D eigenvalue weighted by molar-refractivity contribution is 5.87. The molecule has 3 heteroatoms. The maximum atomic E-state index is 10.9. The fraction of sp³-hybridized carbons (Fsp3) is 0.500. The molecule has 158 valence electrons. The van der Waals surface area contributed by atoms with Crippen LogP contribution in [0.1, 0.15) is 78.0 Å². The van der Waals surface area contributed by atoms with E-state index in [1.807, 2.05) is 6.07 Å². The molecule has 0 amide bonds. The molecule has 1 atom stereocenters. The van der Waals surface area contributed by atoms with Gasteiger partial charge in [-0.05, 0) is 45.6 Å². The highest BCUT2D eigenvalue weighted by Crippen LogP contribution is 2.37. The molecule has 0 fully saturated rings. The van der Waals surface area contributed by atoms with Gasteiger partial charge >= 0.3 is 0 Å². The van der Waals surface area contributed by atoms with Crippen molar-refractivity contribution in [1.29, 1.82) is 0 Å². The van der Waals surface area contributed by atoms with Gasteiger partial charge in [0.15, 0.2) is 0 Å². The van der Waals surface area contributed by atoms with Gasteiger partial charge in [0.2, 0.25) is 0 Å². The summed E-state index contributed by atoms with van der Waals surface area (Å²) in [6.45, 7) is 16.8. The molecule has 0 radical (unpaired) electrons. The minimum absolute atomic E-state index is 0.0246. The van der Waals surface area contributed by atoms with Crippen LogP contribution in [0.5, 0.6) is 5.75 Å². The average molecular weight is 396 g/mol. The van der Waals surface area contributed by atoms with Gasteiger partial charge < -0.3 is 10.2 Å². The predicted molar refractivity (Wildman–Crippen MR) is 124 cm³/mol. The van der Waals surface area contributed by atoms with Crippen molar-refractivity contribution in [2.45, 2.75) is 72.8 Å². The number of aromatic hydroxyl groups is 1. The Morgan fingerprint density at radius 3 is 1.97 bits per heavy atom. The number of benzene rings is 2. The molecule has 0 saturated heterocycles. The van der Waals surface area contributed by atoms with Gasteiger partial charge in [0, 0.05) is 17.3 Å². The molecule has 2 aromatic rings. The van der Waals surface area contributed by atoms with E-state index in [1.165, 1.54) is 5.56 Å². The summed E-state index contributed by atoms with van der Waals surface area (Å²) in [5.74, 6) is 0.749. The second-order valence-corrected chi connectivity index (χ2v) is 10.3. The highest BCUT2D eigenvalue weighted by atomic mass is 16.3. The van der Waals surface area contributed by atoms with E-state index < -0.39 is 0 Å². The van der Waals surface area contributed by atoms with E-state index in [9.17, 15) is 10.2 Å². The monoisotopic (exact) mass is 395 g/mol. The van der Waals surface area contributed by atoms with Crippen LogP contribution in [-0.4, -0.2) is 29.1 Å². The van der Waals surface area contributed by atoms with Gasteiger partial charge in [0.25, 0.3) is 0 Å². The summed E-state index contributed by atoms with van der Waals surface area (Å²) in [6.07, 6.45) is 1.71. The van der Waals surface area contributed by atoms with Gasteiger partial charge in [-0.1, -0.05) is 79.7 Å². The van der Waals surface area contributed by atoms with Gasteiger partial charge in [-0.3, -0.25) is 4.99 Å². The van der Waals surface area contributed by atoms with Crippen molar-refractivity contribution in [2.75, 3.05) is 6.61 Å². The largest absolute Gasteiger partial charge is 0.507 e. The lowest BCUT2D eigenvalue weighted by molar-refractivity contribution is 0.191. The first-order chi connectivity index (χ1) is 13.3. The third-order valence-corrected chi connectivity index (χ3v) is 5.42. The van der Waals surface area contributed by atoms with E-state index in [1.54, 1.807) is 6.21 Å². The van der Waals surface area contributed by atoms with E-state index in [0.717, 1.165) is 16.7 Å². The first-order valence-electron chi connectivity index (χ1n) is 10.5. The van der Waals surface area contributed by atoms with Crippen molar-refractivity contribution in [2.24, 2.45) is 10.4 Å². The molecule has 0 spiro atoms. The minimum atomic E-state index is -0.228. The van der Waals surface area contributed by atoms with Crippen LogP contribution in [-0.2, 0) is 5.41 Å². The zero-order valence-electron chi connectivity index (χ0n) is 19.2. The summed E-state index contributed by atoms with van der Waals surface area (Å²) in [7, 11) is 0. The lowest BCUT2D eigenvalue weighted by Crippen LogP contribution is -2.28. The molecule has 0 unspecified atom stereocenters. The van der Waals surface area contributed by atoms with Gasteiger partial charge in [-0.15, -0.1) is 0 Å². The Hall–Kier alpha value is -2.13. The SMILES string of the molecule is CC(C)c1ccc(-c2cc(C=N[C@H](CO)C(C)(C)C)c(O)c(C(C)(C)C)c2)cc1. The maximum Gasteiger partial charge on any atom is 0.128 e. The van der Waals surface area contributed by atoms with E-state index in [0.29, 0.717) is 11.5 Å². The van der Waals surface area contributed by atoms with Crippen LogP contribution in [0, 0.1) is 5.41 Å². The maximum absolute atomic E-state index is 10.9. The lowest BCUT2D eigenvalue weighted by atomic mass is 9.83. The van der Waals surface area contributed by atoms with Crippen LogP contribution in [0.15, 0.2) is 41.4 Å². The summed E-state index contributed by atoms with van der Waals surface area (Å²) in [4.78, 5) is 4.60. The van der Waals surface area contributed by atoms with Crippen molar-refractivity contribution in [3.8, 4) is 16.9 Å². The molecule has 2 aromatic carbocycles. The second-order valence-electron chi connectivity index (χ2n) is 10.3. The predicted octanol–water partition coefficient (Wildman–Crippen LogP) is 6.31. The molecule has 29 heavy (non-hydrogen) atoms. The molecular formula is C26H37NO2. The van der Waals surface area contributed by atoms with Gasteiger partial charge in [-0.2, -0.15) is 0 Å². The van der Waals surface area contributed by atoms with Crippen LogP contribution >= 0.6 is 0 Å². The average Bonchev–Trinajstić information content (AvgIpc) is 2.61. The Morgan fingerprint density at radius 2 is 1.52 bits per heavy atom. The highest BCUT2D eigenvalue weighted by Gasteiger charge is 2.24. The third kappa shape index (κ3) is 5.70. The smallest absolute Gasteiger partial charge is 0.128 e. The Kier molecular flexibility index (Phi) is 6.95. The number of aliphatic hydroxyl groups is 1. The van der Waals surface area contributed by atoms with Gasteiger partial charge in [0.1, 0.15) is 5.75 Å². The third-order valence-electron chi connectivity index (χ3n) is 5.42. The van der Waals surface area contributed by atoms with Crippen molar-refractivity contribution < 1.29 is 10.2 Å². The summed E-state index contributed by atoms with van der Waals surface area (Å²) < 4.78 is 0. The topological polar surface area (TPSA) is 52.8 Å². The number of aliphatic imine (C=N–C) groups is 1. The molecule has 0 aliphatic rings. The molecule has 0 bridgehead atoms. The van der Waals surface area contributed by atoms with Crippen LogP contribution in [0.2, 0.25) is 0 Å². The molecule has 0 aliphatic heterocycles. The Labute approximate surface area is 176 Å². The van der Waals surface area contributed by atoms with E-state index in [4.69, 9.17) is 0 Å². The molecule has 0 aliphatic carbocycles. The quantitative estimate of drug-likeness (QED) is 0.583. The van der Waals surface area contributed by atoms with Crippen LogP contribution in [0.25, 0.3) is 11.1 Å². The summed E-state index contributed by atoms with van der Waals surface area (Å²) in [6, 6.07) is 12.4. The number of phenolic OH excluding ortho intramolecular Hbond substituents is 1. The Bertz CT molecular complexity index is 850. The van der Waals surface area contributed by atoms with E-state index in [-0.39, 0.29) is 29.2 Å². The number of hydrogen-bond donors (Lipinski definition) is 2. The number of rotatable bonds is 5. The molecule has 3 nitrogen and oxygen atoms in total. The molecule has 2 rings (SSSR count). The lowest BCUT2D eigenvalue weighted by Gasteiger charge is -2.26.